The second kappa shape index (κ2) is 8.01. The van der Waals surface area contributed by atoms with Crippen LogP contribution in [0.25, 0.3) is 0 Å². The molecule has 1 aromatic rings. The van der Waals surface area contributed by atoms with E-state index < -0.39 is 5.54 Å². The summed E-state index contributed by atoms with van der Waals surface area (Å²) in [5.74, 6) is 0.184. The zero-order valence-corrected chi connectivity index (χ0v) is 17.2. The molecule has 7 heteroatoms. The van der Waals surface area contributed by atoms with E-state index in [1.165, 1.54) is 10.5 Å². The van der Waals surface area contributed by atoms with Crippen molar-refractivity contribution in [2.75, 3.05) is 32.8 Å². The Morgan fingerprint density at radius 1 is 1.14 bits per heavy atom. The molecule has 0 bridgehead atoms. The van der Waals surface area contributed by atoms with Crippen LogP contribution in [-0.4, -0.2) is 65.0 Å². The van der Waals surface area contributed by atoms with E-state index >= 15 is 0 Å². The van der Waals surface area contributed by atoms with E-state index in [2.05, 4.69) is 28.1 Å². The molecule has 3 fully saturated rings. The molecular weight excluding hydrogens is 376 g/mol. The van der Waals surface area contributed by atoms with Crippen LogP contribution >= 0.6 is 11.6 Å². The topological polar surface area (TPSA) is 55.9 Å². The van der Waals surface area contributed by atoms with Gasteiger partial charge >= 0.3 is 6.03 Å². The second-order valence-corrected chi connectivity index (χ2v) is 8.88. The Kier molecular flexibility index (Phi) is 5.63. The number of carbonyl (C=O) groups excluding carboxylic acids is 2. The largest absolute Gasteiger partial charge is 0.326 e. The Hall–Kier alpha value is -1.63. The maximum atomic E-state index is 13.1. The molecule has 1 aliphatic carbocycles. The van der Waals surface area contributed by atoms with E-state index in [9.17, 15) is 9.59 Å². The fraction of sp³-hybridized carbons (Fsp3) is 0.619. The van der Waals surface area contributed by atoms with Gasteiger partial charge in [0.05, 0.1) is 6.67 Å². The Morgan fingerprint density at radius 3 is 2.61 bits per heavy atom. The number of nitrogens with zero attached hydrogens (tertiary/aromatic N) is 3. The van der Waals surface area contributed by atoms with Crippen molar-refractivity contribution in [1.82, 2.24) is 20.0 Å². The number of piperazine rings is 1. The molecule has 1 spiro atoms. The first-order chi connectivity index (χ1) is 13.5. The molecular formula is C21H29ClN4O2. The number of benzene rings is 1. The third-order valence-corrected chi connectivity index (χ3v) is 6.84. The summed E-state index contributed by atoms with van der Waals surface area (Å²) in [5.41, 5.74) is 0.548. The first kappa shape index (κ1) is 19.7. The zero-order chi connectivity index (χ0) is 19.7. The van der Waals surface area contributed by atoms with Crippen molar-refractivity contribution < 1.29 is 9.59 Å². The van der Waals surface area contributed by atoms with Crippen LogP contribution in [0, 0.1) is 5.92 Å². The standard InChI is InChI=1S/C21H29ClN4O2/c1-16-5-2-3-8-21(16)19(27)26(20(28)23-21)15-25-11-9-24(10-12-25)14-17-6-4-7-18(22)13-17/h4,6-7,13,16H,2-3,5,8-12,14-15H2,1H3,(H,23,28)/t16-,21+/m1/s1. The first-order valence-electron chi connectivity index (χ1n) is 10.3. The molecule has 6 nitrogen and oxygen atoms in total. The molecule has 2 aliphatic heterocycles. The summed E-state index contributed by atoms with van der Waals surface area (Å²) in [7, 11) is 0. The second-order valence-electron chi connectivity index (χ2n) is 8.45. The van der Waals surface area contributed by atoms with Gasteiger partial charge in [0.25, 0.3) is 5.91 Å². The van der Waals surface area contributed by atoms with E-state index in [1.807, 2.05) is 18.2 Å². The Morgan fingerprint density at radius 2 is 1.89 bits per heavy atom. The lowest BCUT2D eigenvalue weighted by atomic mass is 9.73. The van der Waals surface area contributed by atoms with Gasteiger partial charge in [-0.05, 0) is 36.5 Å². The van der Waals surface area contributed by atoms with Crippen LogP contribution in [0.15, 0.2) is 24.3 Å². The van der Waals surface area contributed by atoms with E-state index in [0.29, 0.717) is 6.67 Å². The Labute approximate surface area is 171 Å². The van der Waals surface area contributed by atoms with E-state index in [4.69, 9.17) is 11.6 Å². The number of hydrogen-bond acceptors (Lipinski definition) is 4. The summed E-state index contributed by atoms with van der Waals surface area (Å²) in [6.45, 7) is 6.88. The predicted octanol–water partition coefficient (Wildman–Crippen LogP) is 2.92. The lowest BCUT2D eigenvalue weighted by Crippen LogP contribution is -2.55. The molecule has 1 saturated carbocycles. The smallest absolute Gasteiger partial charge is 0.323 e. The van der Waals surface area contributed by atoms with Crippen molar-refractivity contribution in [1.29, 1.82) is 0 Å². The zero-order valence-electron chi connectivity index (χ0n) is 16.5. The van der Waals surface area contributed by atoms with E-state index in [-0.39, 0.29) is 17.9 Å². The highest BCUT2D eigenvalue weighted by Gasteiger charge is 2.55. The number of nitrogens with one attached hydrogen (secondary N) is 1. The van der Waals surface area contributed by atoms with Crippen LogP contribution in [-0.2, 0) is 11.3 Å². The van der Waals surface area contributed by atoms with Gasteiger partial charge in [-0.25, -0.2) is 9.69 Å². The minimum atomic E-state index is -0.663. The fourth-order valence-electron chi connectivity index (χ4n) is 4.81. The lowest BCUT2D eigenvalue weighted by Gasteiger charge is -2.38. The van der Waals surface area contributed by atoms with Crippen molar-refractivity contribution in [2.45, 2.75) is 44.7 Å². The number of hydrogen-bond donors (Lipinski definition) is 1. The summed E-state index contributed by atoms with van der Waals surface area (Å²) in [6.07, 6.45) is 3.91. The van der Waals surface area contributed by atoms with Crippen LogP contribution in [0.1, 0.15) is 38.2 Å². The van der Waals surface area contributed by atoms with Gasteiger partial charge in [0.1, 0.15) is 5.54 Å². The van der Waals surface area contributed by atoms with Gasteiger partial charge in [-0.2, -0.15) is 0 Å². The van der Waals surface area contributed by atoms with Crippen LogP contribution in [0.4, 0.5) is 4.79 Å². The Balaban J connectivity index is 1.32. The SMILES string of the molecule is C[C@@H]1CCCC[C@]12NC(=O)N(CN1CCN(Cc3cccc(Cl)c3)CC1)C2=O. The summed E-state index contributed by atoms with van der Waals surface area (Å²) in [6, 6.07) is 7.75. The molecule has 2 atom stereocenters. The van der Waals surface area contributed by atoms with Gasteiger partial charge in [0, 0.05) is 37.7 Å². The minimum Gasteiger partial charge on any atom is -0.323 e. The number of rotatable bonds is 4. The van der Waals surface area contributed by atoms with Gasteiger partial charge in [-0.15, -0.1) is 0 Å². The van der Waals surface area contributed by atoms with Crippen molar-refractivity contribution in [2.24, 2.45) is 5.92 Å². The van der Waals surface area contributed by atoms with Gasteiger partial charge in [-0.1, -0.05) is 43.5 Å². The predicted molar refractivity (Wildman–Crippen MR) is 109 cm³/mol. The number of imide groups is 1. The van der Waals surface area contributed by atoms with Crippen molar-refractivity contribution in [3.8, 4) is 0 Å². The van der Waals surface area contributed by atoms with Crippen molar-refractivity contribution >= 4 is 23.5 Å². The molecule has 1 aromatic carbocycles. The third kappa shape index (κ3) is 3.78. The fourth-order valence-corrected chi connectivity index (χ4v) is 5.02. The van der Waals surface area contributed by atoms with Crippen LogP contribution in [0.5, 0.6) is 0 Å². The highest BCUT2D eigenvalue weighted by molar-refractivity contribution is 6.30. The minimum absolute atomic E-state index is 0.0222. The van der Waals surface area contributed by atoms with Crippen molar-refractivity contribution in [3.63, 3.8) is 0 Å². The molecule has 3 aliphatic rings. The third-order valence-electron chi connectivity index (χ3n) is 6.60. The van der Waals surface area contributed by atoms with Crippen LogP contribution in [0.2, 0.25) is 5.02 Å². The molecule has 0 aromatic heterocycles. The average Bonchev–Trinajstić information content (AvgIpc) is 2.91. The molecule has 0 radical (unpaired) electrons. The van der Waals surface area contributed by atoms with Gasteiger partial charge in [-0.3, -0.25) is 14.6 Å². The lowest BCUT2D eigenvalue weighted by molar-refractivity contribution is -0.136. The van der Waals surface area contributed by atoms with Crippen LogP contribution in [0.3, 0.4) is 0 Å². The molecule has 152 valence electrons. The van der Waals surface area contributed by atoms with Crippen molar-refractivity contribution in [3.05, 3.63) is 34.9 Å². The molecule has 0 unspecified atom stereocenters. The molecule has 2 heterocycles. The summed E-state index contributed by atoms with van der Waals surface area (Å²) in [4.78, 5) is 31.7. The molecule has 2 saturated heterocycles. The summed E-state index contributed by atoms with van der Waals surface area (Å²) >= 11 is 6.08. The summed E-state index contributed by atoms with van der Waals surface area (Å²) < 4.78 is 0. The number of carbonyl (C=O) groups is 2. The van der Waals surface area contributed by atoms with E-state index in [1.54, 1.807) is 0 Å². The first-order valence-corrected chi connectivity index (χ1v) is 10.7. The molecule has 3 amide bonds. The molecule has 28 heavy (non-hydrogen) atoms. The van der Waals surface area contributed by atoms with Crippen LogP contribution < -0.4 is 5.32 Å². The monoisotopic (exact) mass is 404 g/mol. The molecule has 1 N–H and O–H groups in total. The van der Waals surface area contributed by atoms with E-state index in [0.717, 1.165) is 63.4 Å². The number of urea groups is 1. The maximum absolute atomic E-state index is 13.1. The molecule has 4 rings (SSSR count). The number of halogens is 1. The van der Waals surface area contributed by atoms with Gasteiger partial charge < -0.3 is 5.32 Å². The van der Waals surface area contributed by atoms with Gasteiger partial charge in [0.15, 0.2) is 0 Å². The normalized spacial score (nSPS) is 29.5. The van der Waals surface area contributed by atoms with Gasteiger partial charge in [0.2, 0.25) is 0 Å². The highest BCUT2D eigenvalue weighted by atomic mass is 35.5. The average molecular weight is 405 g/mol. The Bertz CT molecular complexity index is 750. The number of amides is 3. The summed E-state index contributed by atoms with van der Waals surface area (Å²) in [5, 5.41) is 3.81. The quantitative estimate of drug-likeness (QED) is 0.784. The maximum Gasteiger partial charge on any atom is 0.326 e. The highest BCUT2D eigenvalue weighted by Crippen LogP contribution is 2.38.